The van der Waals surface area contributed by atoms with Gasteiger partial charge in [-0.05, 0) is 25.7 Å². The van der Waals surface area contributed by atoms with Gasteiger partial charge in [0.1, 0.15) is 0 Å². The van der Waals surface area contributed by atoms with Gasteiger partial charge in [-0.15, -0.1) is 0 Å². The third-order valence-electron chi connectivity index (χ3n) is 4.30. The summed E-state index contributed by atoms with van der Waals surface area (Å²) in [5.41, 5.74) is 0. The molecular weight excluding hydrogens is 284 g/mol. The van der Waals surface area contributed by atoms with Gasteiger partial charge in [-0.2, -0.15) is 0 Å². The van der Waals surface area contributed by atoms with Crippen molar-refractivity contribution in [2.75, 3.05) is 39.4 Å². The zero-order valence-corrected chi connectivity index (χ0v) is 13.9. The molecule has 2 rings (SSSR count). The summed E-state index contributed by atoms with van der Waals surface area (Å²) >= 11 is 0. The third-order valence-corrected chi connectivity index (χ3v) is 4.30. The van der Waals surface area contributed by atoms with E-state index in [1.807, 2.05) is 25.7 Å². The Morgan fingerprint density at radius 3 is 2.50 bits per heavy atom. The van der Waals surface area contributed by atoms with Crippen LogP contribution in [0, 0.1) is 11.8 Å². The van der Waals surface area contributed by atoms with E-state index in [2.05, 4.69) is 0 Å². The van der Waals surface area contributed by atoms with E-state index in [1.165, 1.54) is 0 Å². The number of hydrogen-bond donors (Lipinski definition) is 0. The van der Waals surface area contributed by atoms with E-state index in [-0.39, 0.29) is 24.0 Å². The van der Waals surface area contributed by atoms with Crippen LogP contribution in [0.3, 0.4) is 0 Å². The number of rotatable bonds is 3. The maximum Gasteiger partial charge on any atom is 0.409 e. The highest BCUT2D eigenvalue weighted by atomic mass is 16.6. The summed E-state index contributed by atoms with van der Waals surface area (Å²) in [5, 5.41) is 0. The van der Waals surface area contributed by atoms with Crippen molar-refractivity contribution in [2.24, 2.45) is 11.8 Å². The summed E-state index contributed by atoms with van der Waals surface area (Å²) in [5.74, 6) is 0.472. The molecule has 2 aliphatic heterocycles. The summed E-state index contributed by atoms with van der Waals surface area (Å²) in [6.07, 6.45) is 1.34. The Labute approximate surface area is 132 Å². The van der Waals surface area contributed by atoms with Gasteiger partial charge in [0.2, 0.25) is 5.91 Å². The van der Waals surface area contributed by atoms with Crippen molar-refractivity contribution in [2.45, 2.75) is 39.7 Å². The molecule has 0 aromatic heterocycles. The van der Waals surface area contributed by atoms with Gasteiger partial charge in [0.15, 0.2) is 0 Å². The summed E-state index contributed by atoms with van der Waals surface area (Å²) < 4.78 is 10.8. The van der Waals surface area contributed by atoms with E-state index in [0.717, 1.165) is 12.8 Å². The summed E-state index contributed by atoms with van der Waals surface area (Å²) in [7, 11) is 0. The Morgan fingerprint density at radius 2 is 1.86 bits per heavy atom. The van der Waals surface area contributed by atoms with E-state index >= 15 is 0 Å². The first-order valence-electron chi connectivity index (χ1n) is 8.31. The standard InChI is InChI=1S/C16H28N2O4/c1-12(2)11-22-16(20)18-7-4-6-17(8-9-18)15(19)14-5-10-21-13(14)3/h12-14H,4-11H2,1-3H3/t13-,14-/m1/s1. The Kier molecular flexibility index (Phi) is 6.06. The van der Waals surface area contributed by atoms with E-state index < -0.39 is 0 Å². The molecule has 22 heavy (non-hydrogen) atoms. The maximum atomic E-state index is 12.6. The minimum atomic E-state index is -0.263. The van der Waals surface area contributed by atoms with Crippen LogP contribution in [0.4, 0.5) is 4.79 Å². The molecule has 0 spiro atoms. The van der Waals surface area contributed by atoms with E-state index in [4.69, 9.17) is 9.47 Å². The molecule has 2 fully saturated rings. The number of amides is 2. The lowest BCUT2D eigenvalue weighted by atomic mass is 10.0. The molecule has 2 atom stereocenters. The zero-order valence-electron chi connectivity index (χ0n) is 13.9. The van der Waals surface area contributed by atoms with Crippen LogP contribution in [0.1, 0.15) is 33.6 Å². The fourth-order valence-corrected chi connectivity index (χ4v) is 2.94. The van der Waals surface area contributed by atoms with Crippen molar-refractivity contribution >= 4 is 12.0 Å². The van der Waals surface area contributed by atoms with E-state index in [0.29, 0.717) is 45.3 Å². The number of ether oxygens (including phenoxy) is 2. The Bertz CT molecular complexity index is 400. The predicted molar refractivity (Wildman–Crippen MR) is 82.5 cm³/mol. The van der Waals surface area contributed by atoms with Gasteiger partial charge in [-0.3, -0.25) is 4.79 Å². The smallest absolute Gasteiger partial charge is 0.409 e. The van der Waals surface area contributed by atoms with Crippen molar-refractivity contribution in [1.29, 1.82) is 0 Å². The molecule has 0 unspecified atom stereocenters. The van der Waals surface area contributed by atoms with Crippen LogP contribution in [0.15, 0.2) is 0 Å². The normalized spacial score (nSPS) is 26.2. The highest BCUT2D eigenvalue weighted by Crippen LogP contribution is 2.23. The second-order valence-corrected chi connectivity index (χ2v) is 6.61. The van der Waals surface area contributed by atoms with Crippen molar-refractivity contribution in [1.82, 2.24) is 9.80 Å². The van der Waals surface area contributed by atoms with Crippen LogP contribution in [0.2, 0.25) is 0 Å². The van der Waals surface area contributed by atoms with Crippen molar-refractivity contribution < 1.29 is 19.1 Å². The van der Waals surface area contributed by atoms with Gasteiger partial charge in [0.25, 0.3) is 0 Å². The topological polar surface area (TPSA) is 59.1 Å². The summed E-state index contributed by atoms with van der Waals surface area (Å²) in [4.78, 5) is 28.2. The largest absolute Gasteiger partial charge is 0.449 e. The lowest BCUT2D eigenvalue weighted by Crippen LogP contribution is -2.41. The van der Waals surface area contributed by atoms with Crippen LogP contribution < -0.4 is 0 Å². The summed E-state index contributed by atoms with van der Waals surface area (Å²) in [6, 6.07) is 0. The molecular formula is C16H28N2O4. The molecule has 126 valence electrons. The van der Waals surface area contributed by atoms with E-state index in [1.54, 1.807) is 4.90 Å². The van der Waals surface area contributed by atoms with Crippen LogP contribution in [-0.4, -0.2) is 67.3 Å². The lowest BCUT2D eigenvalue weighted by Gasteiger charge is -2.25. The number of carbonyl (C=O) groups is 2. The quantitative estimate of drug-likeness (QED) is 0.796. The SMILES string of the molecule is CC(C)COC(=O)N1CCCN(C(=O)[C@@H]2CCO[C@@H]2C)CC1. The van der Waals surface area contributed by atoms with E-state index in [9.17, 15) is 9.59 Å². The van der Waals surface area contributed by atoms with Crippen LogP contribution >= 0.6 is 0 Å². The lowest BCUT2D eigenvalue weighted by molar-refractivity contribution is -0.136. The molecule has 6 nitrogen and oxygen atoms in total. The first kappa shape index (κ1) is 17.1. The van der Waals surface area contributed by atoms with Crippen molar-refractivity contribution in [3.05, 3.63) is 0 Å². The number of carbonyl (C=O) groups excluding carboxylic acids is 2. The second kappa shape index (κ2) is 7.81. The monoisotopic (exact) mass is 312 g/mol. The fraction of sp³-hybridized carbons (Fsp3) is 0.875. The zero-order chi connectivity index (χ0) is 16.1. The van der Waals surface area contributed by atoms with Gasteiger partial charge in [-0.25, -0.2) is 4.79 Å². The van der Waals surface area contributed by atoms with Crippen molar-refractivity contribution in [3.63, 3.8) is 0 Å². The molecule has 6 heteroatoms. The molecule has 2 saturated heterocycles. The third kappa shape index (κ3) is 4.35. The molecule has 0 bridgehead atoms. The average molecular weight is 312 g/mol. The highest BCUT2D eigenvalue weighted by Gasteiger charge is 2.34. The molecule has 0 aromatic carbocycles. The van der Waals surface area contributed by atoms with Gasteiger partial charge in [0, 0.05) is 32.8 Å². The van der Waals surface area contributed by atoms with Crippen LogP contribution in [-0.2, 0) is 14.3 Å². The molecule has 2 heterocycles. The van der Waals surface area contributed by atoms with Gasteiger partial charge >= 0.3 is 6.09 Å². The van der Waals surface area contributed by atoms with Gasteiger partial charge < -0.3 is 19.3 Å². The van der Waals surface area contributed by atoms with Gasteiger partial charge in [0.05, 0.1) is 18.6 Å². The predicted octanol–water partition coefficient (Wildman–Crippen LogP) is 1.74. The minimum absolute atomic E-state index is 0.00265. The number of hydrogen-bond acceptors (Lipinski definition) is 4. The minimum Gasteiger partial charge on any atom is -0.449 e. The van der Waals surface area contributed by atoms with Crippen LogP contribution in [0.25, 0.3) is 0 Å². The molecule has 0 radical (unpaired) electrons. The average Bonchev–Trinajstić information content (AvgIpc) is 2.76. The molecule has 2 aliphatic rings. The molecule has 0 aliphatic carbocycles. The highest BCUT2D eigenvalue weighted by molar-refractivity contribution is 5.80. The van der Waals surface area contributed by atoms with Crippen LogP contribution in [0.5, 0.6) is 0 Å². The maximum absolute atomic E-state index is 12.6. The van der Waals surface area contributed by atoms with Crippen molar-refractivity contribution in [3.8, 4) is 0 Å². The second-order valence-electron chi connectivity index (χ2n) is 6.61. The molecule has 0 saturated carbocycles. The first-order chi connectivity index (χ1) is 10.5. The molecule has 2 amide bonds. The Balaban J connectivity index is 1.84. The Hall–Kier alpha value is -1.30. The van der Waals surface area contributed by atoms with Gasteiger partial charge in [-0.1, -0.05) is 13.8 Å². The summed E-state index contributed by atoms with van der Waals surface area (Å²) in [6.45, 7) is 9.58. The first-order valence-corrected chi connectivity index (χ1v) is 8.31. The fourth-order valence-electron chi connectivity index (χ4n) is 2.94. The molecule has 0 N–H and O–H groups in total. The number of nitrogens with zero attached hydrogens (tertiary/aromatic N) is 2. The molecule has 0 aromatic rings. The Morgan fingerprint density at radius 1 is 1.18 bits per heavy atom.